The maximum atomic E-state index is 11.0. The second kappa shape index (κ2) is 5.27. The Labute approximate surface area is 84.4 Å². The Bertz CT molecular complexity index is 204. The summed E-state index contributed by atoms with van der Waals surface area (Å²) in [6, 6.07) is 0. The Kier molecular flexibility index (Phi) is 5.48. The van der Waals surface area contributed by atoms with Crippen LogP contribution < -0.4 is 17.3 Å². The molecule has 0 aromatic carbocycles. The van der Waals surface area contributed by atoms with Crippen molar-refractivity contribution in [1.29, 1.82) is 0 Å². The average molecular weight is 234 g/mol. The van der Waals surface area contributed by atoms with Crippen LogP contribution in [0.5, 0.6) is 0 Å². The highest BCUT2D eigenvalue weighted by molar-refractivity contribution is 7.91. The predicted molar refractivity (Wildman–Crippen MR) is 44.9 cm³/mol. The molecule has 6 heteroatoms. The minimum atomic E-state index is -2.70. The van der Waals surface area contributed by atoms with Gasteiger partial charge in [0.25, 0.3) is 0 Å². The van der Waals surface area contributed by atoms with Crippen molar-refractivity contribution in [3.05, 3.63) is 0 Å². The number of rotatable bonds is 2. The highest BCUT2D eigenvalue weighted by Crippen LogP contribution is 1.89. The first-order chi connectivity index (χ1) is 5.14. The van der Waals surface area contributed by atoms with Crippen LogP contribution in [-0.4, -0.2) is 45.4 Å². The lowest BCUT2D eigenvalue weighted by Crippen LogP contribution is -3.14. The molecule has 0 aliphatic carbocycles. The summed E-state index contributed by atoms with van der Waals surface area (Å²) in [5, 5.41) is 0. The fourth-order valence-corrected chi connectivity index (χ4v) is 2.88. The Morgan fingerprint density at radius 2 is 1.75 bits per heavy atom. The van der Waals surface area contributed by atoms with Crippen LogP contribution in [0.4, 0.5) is 0 Å². The molecule has 1 rings (SSSR count). The van der Waals surface area contributed by atoms with E-state index in [1.54, 1.807) is 0 Å². The Balaban J connectivity index is 0.00000121. The van der Waals surface area contributed by atoms with Gasteiger partial charge in [0.05, 0.1) is 37.0 Å². The van der Waals surface area contributed by atoms with Crippen LogP contribution in [0.1, 0.15) is 0 Å². The van der Waals surface area contributed by atoms with Crippen LogP contribution >= 0.6 is 11.6 Å². The quantitative estimate of drug-likeness (QED) is 0.489. The molecule has 1 saturated heterocycles. The molecule has 1 fully saturated rings. The molecule has 12 heavy (non-hydrogen) atoms. The van der Waals surface area contributed by atoms with Gasteiger partial charge in [-0.15, -0.1) is 11.6 Å². The van der Waals surface area contributed by atoms with Crippen LogP contribution in [0, 0.1) is 0 Å². The number of halogens is 2. The molecule has 0 bridgehead atoms. The van der Waals surface area contributed by atoms with Crippen molar-refractivity contribution in [2.45, 2.75) is 0 Å². The molecule has 0 saturated carbocycles. The van der Waals surface area contributed by atoms with E-state index >= 15 is 0 Å². The maximum Gasteiger partial charge on any atom is 0.161 e. The molecule has 1 N–H and O–H groups in total. The van der Waals surface area contributed by atoms with Crippen LogP contribution in [0.15, 0.2) is 0 Å². The van der Waals surface area contributed by atoms with Crippen LogP contribution in [-0.2, 0) is 9.84 Å². The molecule has 0 radical (unpaired) electrons. The fraction of sp³-hybridized carbons (Fsp3) is 1.00. The van der Waals surface area contributed by atoms with Gasteiger partial charge in [-0.2, -0.15) is 0 Å². The van der Waals surface area contributed by atoms with E-state index in [-0.39, 0.29) is 12.4 Å². The van der Waals surface area contributed by atoms with E-state index in [1.165, 1.54) is 4.90 Å². The third-order valence-electron chi connectivity index (χ3n) is 1.98. The normalized spacial score (nSPS) is 23.1. The first-order valence-corrected chi connectivity index (χ1v) is 6.09. The topological polar surface area (TPSA) is 38.6 Å². The third-order valence-corrected chi connectivity index (χ3v) is 3.82. The van der Waals surface area contributed by atoms with Gasteiger partial charge in [0.2, 0.25) is 0 Å². The minimum absolute atomic E-state index is 0. The van der Waals surface area contributed by atoms with Gasteiger partial charge in [-0.25, -0.2) is 8.42 Å². The lowest BCUT2D eigenvalue weighted by atomic mass is 10.5. The molecule has 3 nitrogen and oxygen atoms in total. The molecule has 0 spiro atoms. The van der Waals surface area contributed by atoms with Gasteiger partial charge in [0.1, 0.15) is 0 Å². The lowest BCUT2D eigenvalue weighted by Gasteiger charge is -2.22. The monoisotopic (exact) mass is 233 g/mol. The molecule has 0 amide bonds. The number of hydrogen-bond acceptors (Lipinski definition) is 2. The highest BCUT2D eigenvalue weighted by Gasteiger charge is 2.23. The number of quaternary nitrogens is 1. The van der Waals surface area contributed by atoms with Crippen molar-refractivity contribution in [3.8, 4) is 0 Å². The van der Waals surface area contributed by atoms with E-state index < -0.39 is 9.84 Å². The van der Waals surface area contributed by atoms with E-state index in [2.05, 4.69) is 0 Å². The first kappa shape index (κ1) is 12.5. The number of sulfone groups is 1. The molecule has 0 aromatic heterocycles. The van der Waals surface area contributed by atoms with E-state index in [4.69, 9.17) is 11.6 Å². The summed E-state index contributed by atoms with van der Waals surface area (Å²) in [5.41, 5.74) is 0. The minimum Gasteiger partial charge on any atom is -1.00 e. The van der Waals surface area contributed by atoms with Gasteiger partial charge in [0, 0.05) is 0 Å². The zero-order valence-corrected chi connectivity index (χ0v) is 9.05. The average Bonchev–Trinajstić information content (AvgIpc) is 1.94. The number of hydrogen-bond donors (Lipinski definition) is 1. The zero-order chi connectivity index (χ0) is 8.32. The predicted octanol–water partition coefficient (Wildman–Crippen LogP) is -4.46. The van der Waals surface area contributed by atoms with Crippen LogP contribution in [0.2, 0.25) is 0 Å². The second-order valence-electron chi connectivity index (χ2n) is 2.84. The zero-order valence-electron chi connectivity index (χ0n) is 6.72. The largest absolute Gasteiger partial charge is 1.00 e. The van der Waals surface area contributed by atoms with Gasteiger partial charge in [-0.1, -0.05) is 0 Å². The maximum absolute atomic E-state index is 11.0. The van der Waals surface area contributed by atoms with Crippen molar-refractivity contribution < 1.29 is 25.7 Å². The molecule has 74 valence electrons. The molecular weight excluding hydrogens is 221 g/mol. The SMILES string of the molecule is O=S1(=O)CC[NH+](CCCl)CC1.[Cl-]. The highest BCUT2D eigenvalue weighted by atomic mass is 35.5. The molecular formula is C6H13Cl2NO2S. The lowest BCUT2D eigenvalue weighted by molar-refractivity contribution is -0.894. The van der Waals surface area contributed by atoms with E-state index in [0.29, 0.717) is 17.4 Å². The van der Waals surface area contributed by atoms with E-state index in [9.17, 15) is 8.42 Å². The Morgan fingerprint density at radius 3 is 2.17 bits per heavy atom. The molecule has 1 aliphatic rings. The van der Waals surface area contributed by atoms with Crippen molar-refractivity contribution in [1.82, 2.24) is 0 Å². The summed E-state index contributed by atoms with van der Waals surface area (Å²) in [5.74, 6) is 1.29. The fourth-order valence-electron chi connectivity index (χ4n) is 1.21. The Morgan fingerprint density at radius 1 is 1.25 bits per heavy atom. The number of nitrogens with one attached hydrogen (secondary N) is 1. The van der Waals surface area contributed by atoms with Gasteiger partial charge in [0.15, 0.2) is 9.84 Å². The molecule has 0 aromatic rings. The summed E-state index contributed by atoms with van der Waals surface area (Å²) in [4.78, 5) is 1.31. The summed E-state index contributed by atoms with van der Waals surface area (Å²) in [7, 11) is -2.70. The molecule has 0 unspecified atom stereocenters. The second-order valence-corrected chi connectivity index (χ2v) is 5.52. The van der Waals surface area contributed by atoms with Gasteiger partial charge in [-0.05, 0) is 0 Å². The van der Waals surface area contributed by atoms with Crippen LogP contribution in [0.3, 0.4) is 0 Å². The molecule has 1 heterocycles. The van der Waals surface area contributed by atoms with E-state index in [1.807, 2.05) is 0 Å². The van der Waals surface area contributed by atoms with Gasteiger partial charge < -0.3 is 17.3 Å². The summed E-state index contributed by atoms with van der Waals surface area (Å²) in [6.45, 7) is 2.35. The van der Waals surface area contributed by atoms with E-state index in [0.717, 1.165) is 19.6 Å². The van der Waals surface area contributed by atoms with Gasteiger partial charge in [-0.3, -0.25) is 0 Å². The van der Waals surface area contributed by atoms with Crippen molar-refractivity contribution >= 4 is 21.4 Å². The van der Waals surface area contributed by atoms with Gasteiger partial charge >= 0.3 is 0 Å². The van der Waals surface area contributed by atoms with Crippen molar-refractivity contribution in [3.63, 3.8) is 0 Å². The standard InChI is InChI=1S/C6H12ClNO2S.ClH/c7-1-2-8-3-5-11(9,10)6-4-8;/h1-6H2;1H. The Hall–Kier alpha value is 0.490. The van der Waals surface area contributed by atoms with Crippen LogP contribution in [0.25, 0.3) is 0 Å². The number of alkyl halides is 1. The summed E-state index contributed by atoms with van der Waals surface area (Å²) < 4.78 is 21.9. The molecule has 1 aliphatic heterocycles. The first-order valence-electron chi connectivity index (χ1n) is 3.74. The molecule has 0 atom stereocenters. The smallest absolute Gasteiger partial charge is 0.161 e. The summed E-state index contributed by atoms with van der Waals surface area (Å²) >= 11 is 5.54. The van der Waals surface area contributed by atoms with Crippen molar-refractivity contribution in [2.24, 2.45) is 0 Å². The summed E-state index contributed by atoms with van der Waals surface area (Å²) in [6.07, 6.45) is 0. The third kappa shape index (κ3) is 3.94. The van der Waals surface area contributed by atoms with Crippen molar-refractivity contribution in [2.75, 3.05) is 37.0 Å².